The number of fused-ring (bicyclic) bond motifs is 1. The van der Waals surface area contributed by atoms with Crippen molar-refractivity contribution in [1.29, 1.82) is 0 Å². The van der Waals surface area contributed by atoms with Crippen LogP contribution in [0.1, 0.15) is 18.9 Å². The van der Waals surface area contributed by atoms with Crippen molar-refractivity contribution in [3.63, 3.8) is 0 Å². The molecule has 0 amide bonds. The summed E-state index contributed by atoms with van der Waals surface area (Å²) < 4.78 is 11.2. The Kier molecular flexibility index (Phi) is 4.34. The van der Waals surface area contributed by atoms with Crippen LogP contribution in [-0.4, -0.2) is 43.8 Å². The number of ether oxygens (including phenoxy) is 2. The van der Waals surface area contributed by atoms with Crippen molar-refractivity contribution in [2.24, 2.45) is 0 Å². The van der Waals surface area contributed by atoms with E-state index in [1.165, 1.54) is 12.0 Å². The summed E-state index contributed by atoms with van der Waals surface area (Å²) in [6.45, 7) is 7.50. The predicted octanol–water partition coefficient (Wildman–Crippen LogP) is 2.29. The van der Waals surface area contributed by atoms with E-state index < -0.39 is 0 Å². The molecule has 0 radical (unpaired) electrons. The lowest BCUT2D eigenvalue weighted by molar-refractivity contribution is 0.170. The minimum atomic E-state index is 0.570. The highest BCUT2D eigenvalue weighted by atomic mass is 35.5. The van der Waals surface area contributed by atoms with E-state index in [9.17, 15) is 0 Å². The van der Waals surface area contributed by atoms with Gasteiger partial charge in [0.2, 0.25) is 0 Å². The summed E-state index contributed by atoms with van der Waals surface area (Å²) in [6, 6.07) is 4.68. The Morgan fingerprint density at radius 3 is 2.95 bits per heavy atom. The molecule has 0 aliphatic carbocycles. The topological polar surface area (TPSA) is 33.7 Å². The van der Waals surface area contributed by atoms with Crippen LogP contribution in [0.4, 0.5) is 0 Å². The highest BCUT2D eigenvalue weighted by molar-refractivity contribution is 6.32. The highest BCUT2D eigenvalue weighted by Crippen LogP contribution is 2.38. The molecule has 5 heteroatoms. The van der Waals surface area contributed by atoms with Crippen LogP contribution in [0.15, 0.2) is 12.1 Å². The molecule has 110 valence electrons. The zero-order chi connectivity index (χ0) is 13.9. The van der Waals surface area contributed by atoms with Crippen molar-refractivity contribution in [3.8, 4) is 11.5 Å². The van der Waals surface area contributed by atoms with Gasteiger partial charge in [0, 0.05) is 19.1 Å². The number of benzene rings is 1. The molecule has 0 bridgehead atoms. The standard InChI is InChI=1S/C15H21ClN2O2/c1-2-18(12-3-4-17-9-12)10-11-7-13(16)15-14(8-11)19-5-6-20-15/h7-8,12,17H,2-6,9-10H2,1H3. The average Bonchev–Trinajstić information content (AvgIpc) is 2.99. The van der Waals surface area contributed by atoms with Gasteiger partial charge in [0.05, 0.1) is 5.02 Å². The number of likely N-dealkylation sites (N-methyl/N-ethyl adjacent to an activating group) is 1. The molecule has 1 aromatic rings. The van der Waals surface area contributed by atoms with Gasteiger partial charge in [-0.3, -0.25) is 4.90 Å². The molecule has 1 saturated heterocycles. The van der Waals surface area contributed by atoms with Crippen LogP contribution in [0.25, 0.3) is 0 Å². The molecule has 0 aromatic heterocycles. The lowest BCUT2D eigenvalue weighted by Gasteiger charge is -2.28. The molecule has 2 heterocycles. The number of nitrogens with one attached hydrogen (secondary N) is 1. The summed E-state index contributed by atoms with van der Waals surface area (Å²) >= 11 is 6.30. The molecule has 2 aliphatic rings. The molecule has 20 heavy (non-hydrogen) atoms. The van der Waals surface area contributed by atoms with Crippen molar-refractivity contribution in [2.45, 2.75) is 25.9 Å². The molecule has 0 saturated carbocycles. The lowest BCUT2D eigenvalue weighted by Crippen LogP contribution is -2.36. The smallest absolute Gasteiger partial charge is 0.179 e. The van der Waals surface area contributed by atoms with Crippen molar-refractivity contribution >= 4 is 11.6 Å². The Labute approximate surface area is 125 Å². The van der Waals surface area contributed by atoms with Crippen LogP contribution in [0.5, 0.6) is 11.5 Å². The minimum Gasteiger partial charge on any atom is -0.486 e. The summed E-state index contributed by atoms with van der Waals surface area (Å²) in [7, 11) is 0. The second-order valence-corrected chi connectivity index (χ2v) is 5.72. The zero-order valence-corrected chi connectivity index (χ0v) is 12.6. The first-order valence-corrected chi connectivity index (χ1v) is 7.68. The van der Waals surface area contributed by atoms with Gasteiger partial charge in [0.15, 0.2) is 11.5 Å². The molecule has 1 unspecified atom stereocenters. The van der Waals surface area contributed by atoms with E-state index in [1.54, 1.807) is 0 Å². The Morgan fingerprint density at radius 1 is 1.35 bits per heavy atom. The first-order chi connectivity index (χ1) is 9.78. The van der Waals surface area contributed by atoms with E-state index in [-0.39, 0.29) is 0 Å². The Morgan fingerprint density at radius 2 is 2.20 bits per heavy atom. The lowest BCUT2D eigenvalue weighted by atomic mass is 10.1. The van der Waals surface area contributed by atoms with Crippen LogP contribution in [-0.2, 0) is 6.54 Å². The van der Waals surface area contributed by atoms with Crippen LogP contribution in [0, 0.1) is 0 Å². The molecule has 3 rings (SSSR count). The van der Waals surface area contributed by atoms with E-state index in [1.807, 2.05) is 6.07 Å². The van der Waals surface area contributed by atoms with Gasteiger partial charge in [-0.15, -0.1) is 0 Å². The minimum absolute atomic E-state index is 0.570. The van der Waals surface area contributed by atoms with E-state index in [0.29, 0.717) is 30.0 Å². The second kappa shape index (κ2) is 6.20. The Bertz CT molecular complexity index is 475. The normalized spacial score (nSPS) is 21.4. The van der Waals surface area contributed by atoms with Gasteiger partial charge < -0.3 is 14.8 Å². The van der Waals surface area contributed by atoms with Gasteiger partial charge in [-0.25, -0.2) is 0 Å². The van der Waals surface area contributed by atoms with Gasteiger partial charge >= 0.3 is 0 Å². The summed E-state index contributed by atoms with van der Waals surface area (Å²) in [5.41, 5.74) is 1.19. The summed E-state index contributed by atoms with van der Waals surface area (Å²) in [4.78, 5) is 2.49. The second-order valence-electron chi connectivity index (χ2n) is 5.31. The van der Waals surface area contributed by atoms with Gasteiger partial charge in [0.25, 0.3) is 0 Å². The number of hydrogen-bond donors (Lipinski definition) is 1. The Balaban J connectivity index is 1.77. The maximum atomic E-state index is 6.30. The fourth-order valence-corrected chi connectivity index (χ4v) is 3.23. The quantitative estimate of drug-likeness (QED) is 0.924. The molecular formula is C15H21ClN2O2. The first-order valence-electron chi connectivity index (χ1n) is 7.30. The first kappa shape index (κ1) is 14.0. The van der Waals surface area contributed by atoms with Crippen molar-refractivity contribution in [2.75, 3.05) is 32.8 Å². The van der Waals surface area contributed by atoms with E-state index in [4.69, 9.17) is 21.1 Å². The molecule has 1 atom stereocenters. The molecule has 1 aromatic carbocycles. The highest BCUT2D eigenvalue weighted by Gasteiger charge is 2.22. The predicted molar refractivity (Wildman–Crippen MR) is 79.8 cm³/mol. The van der Waals surface area contributed by atoms with Crippen LogP contribution in [0.3, 0.4) is 0 Å². The van der Waals surface area contributed by atoms with E-state index in [2.05, 4.69) is 23.2 Å². The molecule has 1 N–H and O–H groups in total. The number of hydrogen-bond acceptors (Lipinski definition) is 4. The van der Waals surface area contributed by atoms with Gasteiger partial charge in [-0.2, -0.15) is 0 Å². The maximum absolute atomic E-state index is 6.30. The number of halogens is 1. The zero-order valence-electron chi connectivity index (χ0n) is 11.8. The summed E-state index contributed by atoms with van der Waals surface area (Å²) in [5, 5.41) is 4.07. The van der Waals surface area contributed by atoms with E-state index >= 15 is 0 Å². The van der Waals surface area contributed by atoms with Crippen LogP contribution in [0.2, 0.25) is 5.02 Å². The maximum Gasteiger partial charge on any atom is 0.179 e. The van der Waals surface area contributed by atoms with Crippen LogP contribution >= 0.6 is 11.6 Å². The number of nitrogens with zero attached hydrogens (tertiary/aromatic N) is 1. The van der Waals surface area contributed by atoms with E-state index in [0.717, 1.165) is 31.9 Å². The fourth-order valence-electron chi connectivity index (χ4n) is 2.94. The molecule has 0 spiro atoms. The molecular weight excluding hydrogens is 276 g/mol. The largest absolute Gasteiger partial charge is 0.486 e. The van der Waals surface area contributed by atoms with Crippen molar-refractivity contribution in [3.05, 3.63) is 22.7 Å². The van der Waals surface area contributed by atoms with Gasteiger partial charge in [-0.1, -0.05) is 18.5 Å². The number of rotatable bonds is 4. The SMILES string of the molecule is CCN(Cc1cc(Cl)c2c(c1)OCCO2)C1CCNC1. The monoisotopic (exact) mass is 296 g/mol. The van der Waals surface area contributed by atoms with Gasteiger partial charge in [0.1, 0.15) is 13.2 Å². The summed E-state index contributed by atoms with van der Waals surface area (Å²) in [5.74, 6) is 1.46. The van der Waals surface area contributed by atoms with Gasteiger partial charge in [-0.05, 0) is 37.2 Å². The molecule has 2 aliphatic heterocycles. The Hall–Kier alpha value is -0.970. The van der Waals surface area contributed by atoms with Crippen LogP contribution < -0.4 is 14.8 Å². The van der Waals surface area contributed by atoms with Crippen molar-refractivity contribution < 1.29 is 9.47 Å². The molecule has 1 fully saturated rings. The average molecular weight is 297 g/mol. The fraction of sp³-hybridized carbons (Fsp3) is 0.600. The van der Waals surface area contributed by atoms with Crippen molar-refractivity contribution in [1.82, 2.24) is 10.2 Å². The summed E-state index contributed by atoms with van der Waals surface area (Å²) in [6.07, 6.45) is 1.21. The third-order valence-corrected chi connectivity index (χ3v) is 4.28. The third-order valence-electron chi connectivity index (χ3n) is 4.00. The molecule has 4 nitrogen and oxygen atoms in total. The third kappa shape index (κ3) is 2.87.